The van der Waals surface area contributed by atoms with Gasteiger partial charge in [-0.15, -0.1) is 11.3 Å². The van der Waals surface area contributed by atoms with Crippen molar-refractivity contribution in [2.45, 2.75) is 46.0 Å². The second kappa shape index (κ2) is 8.63. The van der Waals surface area contributed by atoms with Gasteiger partial charge < -0.3 is 10.1 Å². The molecule has 162 valence electrons. The summed E-state index contributed by atoms with van der Waals surface area (Å²) in [6.45, 7) is 4.18. The maximum Gasteiger partial charge on any atom is 0.341 e. The summed E-state index contributed by atoms with van der Waals surface area (Å²) in [5.74, 6) is -0.768. The number of benzene rings is 1. The molecule has 1 aromatic carbocycles. The SMILES string of the molecule is CCOC(=O)c1c(NC(=O)c2ccc(N3C(=O)CCC3=O)cc2)sc2c1CC(C)CC2. The minimum absolute atomic E-state index is 0.208. The number of thiophene rings is 1. The topological polar surface area (TPSA) is 92.8 Å². The van der Waals surface area contributed by atoms with Crippen LogP contribution in [-0.4, -0.2) is 30.3 Å². The van der Waals surface area contributed by atoms with Crippen molar-refractivity contribution in [2.24, 2.45) is 5.92 Å². The van der Waals surface area contributed by atoms with Crippen molar-refractivity contribution in [1.82, 2.24) is 0 Å². The molecule has 0 bridgehead atoms. The fraction of sp³-hybridized carbons (Fsp3) is 0.391. The fourth-order valence-corrected chi connectivity index (χ4v) is 5.29. The predicted molar refractivity (Wildman–Crippen MR) is 118 cm³/mol. The quantitative estimate of drug-likeness (QED) is 0.561. The van der Waals surface area contributed by atoms with Gasteiger partial charge in [-0.25, -0.2) is 4.79 Å². The van der Waals surface area contributed by atoms with Gasteiger partial charge in [-0.2, -0.15) is 0 Å². The van der Waals surface area contributed by atoms with Crippen LogP contribution in [0.4, 0.5) is 10.7 Å². The van der Waals surface area contributed by atoms with E-state index in [1.807, 2.05) is 0 Å². The smallest absolute Gasteiger partial charge is 0.341 e. The van der Waals surface area contributed by atoms with E-state index in [0.717, 1.165) is 34.6 Å². The van der Waals surface area contributed by atoms with E-state index in [4.69, 9.17) is 4.74 Å². The molecule has 1 aliphatic carbocycles. The van der Waals surface area contributed by atoms with Crippen molar-refractivity contribution >= 4 is 45.7 Å². The summed E-state index contributed by atoms with van der Waals surface area (Å²) in [4.78, 5) is 51.6. The molecule has 1 saturated heterocycles. The van der Waals surface area contributed by atoms with Crippen molar-refractivity contribution in [3.8, 4) is 0 Å². The highest BCUT2D eigenvalue weighted by Gasteiger charge is 2.31. The van der Waals surface area contributed by atoms with Gasteiger partial charge in [0.2, 0.25) is 11.8 Å². The number of hydrogen-bond acceptors (Lipinski definition) is 6. The molecular weight excluding hydrogens is 416 g/mol. The zero-order valence-corrected chi connectivity index (χ0v) is 18.3. The van der Waals surface area contributed by atoms with Crippen LogP contribution in [0, 0.1) is 5.92 Å². The van der Waals surface area contributed by atoms with Gasteiger partial charge in [0.15, 0.2) is 0 Å². The first kappa shape index (κ1) is 21.2. The largest absolute Gasteiger partial charge is 0.462 e. The molecular formula is C23H24N2O5S. The third kappa shape index (κ3) is 4.12. The van der Waals surface area contributed by atoms with Crippen LogP contribution in [-0.2, 0) is 27.2 Å². The molecule has 1 unspecified atom stereocenters. The maximum absolute atomic E-state index is 12.9. The zero-order chi connectivity index (χ0) is 22.1. The minimum atomic E-state index is -0.411. The standard InChI is InChI=1S/C23H24N2O5S/c1-3-30-23(29)20-16-12-13(2)4-9-17(16)31-22(20)24-21(28)14-5-7-15(8-6-14)25-18(26)10-11-19(25)27/h5-8,13H,3-4,9-12H2,1-2H3,(H,24,28). The van der Waals surface area contributed by atoms with E-state index < -0.39 is 5.97 Å². The number of fused-ring (bicyclic) bond motifs is 1. The van der Waals surface area contributed by atoms with E-state index >= 15 is 0 Å². The molecule has 2 aliphatic rings. The molecule has 1 fully saturated rings. The second-order valence-electron chi connectivity index (χ2n) is 7.90. The van der Waals surface area contributed by atoms with Gasteiger partial charge >= 0.3 is 5.97 Å². The van der Waals surface area contributed by atoms with Gasteiger partial charge in [0.25, 0.3) is 5.91 Å². The normalized spacial score (nSPS) is 18.1. The third-order valence-corrected chi connectivity index (χ3v) is 6.86. The fourth-order valence-electron chi connectivity index (χ4n) is 4.07. The molecule has 31 heavy (non-hydrogen) atoms. The lowest BCUT2D eigenvalue weighted by Crippen LogP contribution is -2.28. The van der Waals surface area contributed by atoms with Gasteiger partial charge in [0.1, 0.15) is 5.00 Å². The molecule has 2 heterocycles. The van der Waals surface area contributed by atoms with Crippen LogP contribution in [0.5, 0.6) is 0 Å². The Morgan fingerprint density at radius 2 is 1.81 bits per heavy atom. The average molecular weight is 441 g/mol. The second-order valence-corrected chi connectivity index (χ2v) is 9.01. The predicted octanol–water partition coefficient (Wildman–Crippen LogP) is 3.96. The molecule has 7 nitrogen and oxygen atoms in total. The van der Waals surface area contributed by atoms with Gasteiger partial charge in [-0.3, -0.25) is 19.3 Å². The molecule has 1 aromatic heterocycles. The minimum Gasteiger partial charge on any atom is -0.462 e. The van der Waals surface area contributed by atoms with E-state index in [1.165, 1.54) is 11.3 Å². The molecule has 8 heteroatoms. The van der Waals surface area contributed by atoms with Crippen LogP contribution >= 0.6 is 11.3 Å². The third-order valence-electron chi connectivity index (χ3n) is 5.65. The number of carbonyl (C=O) groups excluding carboxylic acids is 4. The van der Waals surface area contributed by atoms with E-state index in [-0.39, 0.29) is 37.2 Å². The van der Waals surface area contributed by atoms with Crippen LogP contribution < -0.4 is 10.2 Å². The summed E-state index contributed by atoms with van der Waals surface area (Å²) in [5.41, 5.74) is 2.28. The first-order chi connectivity index (χ1) is 14.9. The first-order valence-electron chi connectivity index (χ1n) is 10.5. The first-order valence-corrected chi connectivity index (χ1v) is 11.3. The number of nitrogens with zero attached hydrogens (tertiary/aromatic N) is 1. The summed E-state index contributed by atoms with van der Waals surface area (Å²) in [5, 5.41) is 3.39. The molecule has 0 spiro atoms. The van der Waals surface area contributed by atoms with Gasteiger partial charge in [-0.1, -0.05) is 6.92 Å². The number of aryl methyl sites for hydroxylation is 1. The molecule has 0 saturated carbocycles. The number of anilines is 2. The number of nitrogens with one attached hydrogen (secondary N) is 1. The highest BCUT2D eigenvalue weighted by molar-refractivity contribution is 7.17. The molecule has 1 aliphatic heterocycles. The highest BCUT2D eigenvalue weighted by atomic mass is 32.1. The number of hydrogen-bond donors (Lipinski definition) is 1. The Balaban J connectivity index is 1.58. The molecule has 3 amide bonds. The summed E-state index contributed by atoms with van der Waals surface area (Å²) in [6.07, 6.45) is 3.15. The number of imide groups is 1. The molecule has 4 rings (SSSR count). The van der Waals surface area contributed by atoms with Crippen molar-refractivity contribution in [3.05, 3.63) is 45.8 Å². The van der Waals surface area contributed by atoms with Crippen LogP contribution in [0.15, 0.2) is 24.3 Å². The van der Waals surface area contributed by atoms with Gasteiger partial charge in [-0.05, 0) is 61.9 Å². The van der Waals surface area contributed by atoms with Crippen molar-refractivity contribution < 1.29 is 23.9 Å². The number of esters is 1. The number of carbonyl (C=O) groups is 4. The van der Waals surface area contributed by atoms with Crippen LogP contribution in [0.3, 0.4) is 0 Å². The molecule has 0 radical (unpaired) electrons. The van der Waals surface area contributed by atoms with E-state index in [0.29, 0.717) is 27.7 Å². The summed E-state index contributed by atoms with van der Waals surface area (Å²) in [7, 11) is 0. The van der Waals surface area contributed by atoms with Gasteiger partial charge in [0, 0.05) is 23.3 Å². The average Bonchev–Trinajstić information content (AvgIpc) is 3.26. The molecule has 1 N–H and O–H groups in total. The number of amides is 3. The van der Waals surface area contributed by atoms with E-state index in [1.54, 1.807) is 31.2 Å². The van der Waals surface area contributed by atoms with E-state index in [2.05, 4.69) is 12.2 Å². The Morgan fingerprint density at radius 3 is 2.45 bits per heavy atom. The monoisotopic (exact) mass is 440 g/mol. The Hall–Kier alpha value is -3.00. The zero-order valence-electron chi connectivity index (χ0n) is 17.5. The Morgan fingerprint density at radius 1 is 1.13 bits per heavy atom. The summed E-state index contributed by atoms with van der Waals surface area (Å²) in [6, 6.07) is 6.32. The van der Waals surface area contributed by atoms with Crippen LogP contribution in [0.2, 0.25) is 0 Å². The Labute approximate surface area is 184 Å². The lowest BCUT2D eigenvalue weighted by molar-refractivity contribution is -0.121. The van der Waals surface area contributed by atoms with Crippen LogP contribution in [0.1, 0.15) is 64.3 Å². The van der Waals surface area contributed by atoms with Crippen molar-refractivity contribution in [1.29, 1.82) is 0 Å². The molecule has 2 aromatic rings. The Bertz CT molecular complexity index is 1040. The Kier molecular flexibility index (Phi) is 5.91. The van der Waals surface area contributed by atoms with Gasteiger partial charge in [0.05, 0.1) is 17.9 Å². The van der Waals surface area contributed by atoms with E-state index in [9.17, 15) is 19.2 Å². The number of rotatable bonds is 5. The van der Waals surface area contributed by atoms with Crippen LogP contribution in [0.25, 0.3) is 0 Å². The highest BCUT2D eigenvalue weighted by Crippen LogP contribution is 2.40. The van der Waals surface area contributed by atoms with Crippen molar-refractivity contribution in [2.75, 3.05) is 16.8 Å². The summed E-state index contributed by atoms with van der Waals surface area (Å²) >= 11 is 1.43. The van der Waals surface area contributed by atoms with Crippen molar-refractivity contribution in [3.63, 3.8) is 0 Å². The molecule has 1 atom stereocenters. The lowest BCUT2D eigenvalue weighted by atomic mass is 9.88. The summed E-state index contributed by atoms with van der Waals surface area (Å²) < 4.78 is 5.26. The lowest BCUT2D eigenvalue weighted by Gasteiger charge is -2.18. The maximum atomic E-state index is 12.9. The number of ether oxygens (including phenoxy) is 1.